The molecule has 1 aromatic carbocycles. The normalized spacial score (nSPS) is 16.3. The molecule has 1 aromatic rings. The molecule has 0 unspecified atom stereocenters. The maximum atomic E-state index is 12.2. The third-order valence-electron chi connectivity index (χ3n) is 3.05. The number of ether oxygens (including phenoxy) is 2. The average molecular weight is 319 g/mol. The number of hydrogen-bond acceptors (Lipinski definition) is 5. The summed E-state index contributed by atoms with van der Waals surface area (Å²) in [5, 5.41) is -0.254. The first-order chi connectivity index (χ1) is 10.6. The van der Waals surface area contributed by atoms with Gasteiger partial charge in [0.15, 0.2) is 11.5 Å². The van der Waals surface area contributed by atoms with Gasteiger partial charge < -0.3 is 9.47 Å². The van der Waals surface area contributed by atoms with Gasteiger partial charge in [-0.15, -0.1) is 0 Å². The Morgan fingerprint density at radius 2 is 2.14 bits per heavy atom. The number of benzene rings is 1. The summed E-state index contributed by atoms with van der Waals surface area (Å²) < 4.78 is 10.9. The van der Waals surface area contributed by atoms with Gasteiger partial charge in [0.05, 0.1) is 12.0 Å². The van der Waals surface area contributed by atoms with Crippen molar-refractivity contribution in [3.63, 3.8) is 0 Å². The zero-order valence-electron chi connectivity index (χ0n) is 12.5. The minimum atomic E-state index is -0.282. The molecule has 0 aliphatic carbocycles. The molecule has 1 aliphatic rings. The van der Waals surface area contributed by atoms with Crippen LogP contribution in [0.5, 0.6) is 11.5 Å². The molecule has 0 saturated carbocycles. The largest absolute Gasteiger partial charge is 0.493 e. The van der Waals surface area contributed by atoms with E-state index in [0.717, 1.165) is 11.8 Å². The Labute approximate surface area is 133 Å². The summed E-state index contributed by atoms with van der Waals surface area (Å²) in [7, 11) is 1.55. The van der Waals surface area contributed by atoms with Gasteiger partial charge in [0.2, 0.25) is 0 Å². The Hall–Kier alpha value is -2.21. The Morgan fingerprint density at radius 1 is 1.36 bits per heavy atom. The maximum Gasteiger partial charge on any atom is 0.293 e. The smallest absolute Gasteiger partial charge is 0.293 e. The quantitative estimate of drug-likeness (QED) is 0.595. The first kappa shape index (κ1) is 16.2. The summed E-state index contributed by atoms with van der Waals surface area (Å²) in [5.74, 6) is 0.800. The zero-order valence-corrected chi connectivity index (χ0v) is 13.3. The summed E-state index contributed by atoms with van der Waals surface area (Å²) >= 11 is 0.929. The van der Waals surface area contributed by atoms with Crippen LogP contribution in [0.4, 0.5) is 4.79 Å². The SMILES string of the molecule is C=CCOc1c(/C=C2\SC(=O)N(CC)C2=O)cccc1OC. The molecule has 22 heavy (non-hydrogen) atoms. The number of amides is 2. The van der Waals surface area contributed by atoms with E-state index in [1.54, 1.807) is 44.4 Å². The van der Waals surface area contributed by atoms with Crippen molar-refractivity contribution in [2.45, 2.75) is 6.92 Å². The molecule has 6 heteroatoms. The molecule has 0 bridgehead atoms. The molecule has 0 aromatic heterocycles. The number of hydrogen-bond donors (Lipinski definition) is 0. The highest BCUT2D eigenvalue weighted by atomic mass is 32.2. The van der Waals surface area contributed by atoms with E-state index in [4.69, 9.17) is 9.47 Å². The molecular weight excluding hydrogens is 302 g/mol. The summed E-state index contributed by atoms with van der Waals surface area (Å²) in [5.41, 5.74) is 0.683. The predicted molar refractivity (Wildman–Crippen MR) is 87.0 cm³/mol. The lowest BCUT2D eigenvalue weighted by atomic mass is 10.1. The lowest BCUT2D eigenvalue weighted by molar-refractivity contribution is -0.122. The third kappa shape index (κ3) is 3.17. The van der Waals surface area contributed by atoms with Gasteiger partial charge in [-0.05, 0) is 30.8 Å². The van der Waals surface area contributed by atoms with Crippen molar-refractivity contribution in [2.24, 2.45) is 0 Å². The zero-order chi connectivity index (χ0) is 16.1. The number of thioether (sulfide) groups is 1. The Balaban J connectivity index is 2.40. The van der Waals surface area contributed by atoms with Crippen molar-refractivity contribution in [1.82, 2.24) is 4.90 Å². The van der Waals surface area contributed by atoms with Crippen LogP contribution in [0.2, 0.25) is 0 Å². The van der Waals surface area contributed by atoms with Gasteiger partial charge in [-0.25, -0.2) is 0 Å². The van der Waals surface area contributed by atoms with Gasteiger partial charge in [-0.3, -0.25) is 14.5 Å². The minimum Gasteiger partial charge on any atom is -0.493 e. The number of carbonyl (C=O) groups is 2. The molecule has 1 saturated heterocycles. The number of nitrogens with zero attached hydrogens (tertiary/aromatic N) is 1. The first-order valence-electron chi connectivity index (χ1n) is 6.78. The average Bonchev–Trinajstić information content (AvgIpc) is 2.79. The van der Waals surface area contributed by atoms with Gasteiger partial charge in [0.1, 0.15) is 6.61 Å². The van der Waals surface area contributed by atoms with Gasteiger partial charge in [0, 0.05) is 12.1 Å². The van der Waals surface area contributed by atoms with Crippen LogP contribution >= 0.6 is 11.8 Å². The van der Waals surface area contributed by atoms with Crippen LogP contribution < -0.4 is 9.47 Å². The van der Waals surface area contributed by atoms with Crippen LogP contribution in [0.1, 0.15) is 12.5 Å². The van der Waals surface area contributed by atoms with Crippen molar-refractivity contribution < 1.29 is 19.1 Å². The Morgan fingerprint density at radius 3 is 2.73 bits per heavy atom. The second-order valence-corrected chi connectivity index (χ2v) is 5.40. The fraction of sp³-hybridized carbons (Fsp3) is 0.250. The lowest BCUT2D eigenvalue weighted by Gasteiger charge is -2.12. The molecule has 0 atom stereocenters. The fourth-order valence-corrected chi connectivity index (χ4v) is 2.91. The molecule has 0 N–H and O–H groups in total. The van der Waals surface area contributed by atoms with E-state index in [2.05, 4.69) is 6.58 Å². The van der Waals surface area contributed by atoms with E-state index in [1.807, 2.05) is 0 Å². The molecule has 0 spiro atoms. The van der Waals surface area contributed by atoms with Crippen molar-refractivity contribution in [1.29, 1.82) is 0 Å². The molecular formula is C16H17NO4S. The first-order valence-corrected chi connectivity index (χ1v) is 7.60. The second-order valence-electron chi connectivity index (χ2n) is 4.40. The maximum absolute atomic E-state index is 12.2. The minimum absolute atomic E-state index is 0.254. The van der Waals surface area contributed by atoms with E-state index in [0.29, 0.717) is 35.1 Å². The van der Waals surface area contributed by atoms with Crippen LogP contribution in [-0.2, 0) is 4.79 Å². The number of imide groups is 1. The van der Waals surface area contributed by atoms with Crippen LogP contribution in [-0.4, -0.2) is 36.3 Å². The third-order valence-corrected chi connectivity index (χ3v) is 3.96. The van der Waals surface area contributed by atoms with Crippen LogP contribution in [0.15, 0.2) is 35.8 Å². The molecule has 116 valence electrons. The Bertz CT molecular complexity index is 639. The van der Waals surface area contributed by atoms with Gasteiger partial charge >= 0.3 is 0 Å². The molecule has 0 radical (unpaired) electrons. The highest BCUT2D eigenvalue weighted by Crippen LogP contribution is 2.37. The van der Waals surface area contributed by atoms with Crippen molar-refractivity contribution in [3.8, 4) is 11.5 Å². The highest BCUT2D eigenvalue weighted by molar-refractivity contribution is 8.18. The van der Waals surface area contributed by atoms with Crippen LogP contribution in [0.3, 0.4) is 0 Å². The molecule has 1 heterocycles. The van der Waals surface area contributed by atoms with E-state index in [1.165, 1.54) is 4.90 Å². The molecule has 1 fully saturated rings. The number of methoxy groups -OCH3 is 1. The Kier molecular flexibility index (Phi) is 5.27. The van der Waals surface area contributed by atoms with E-state index in [9.17, 15) is 9.59 Å². The predicted octanol–water partition coefficient (Wildman–Crippen LogP) is 3.32. The van der Waals surface area contributed by atoms with Crippen molar-refractivity contribution in [2.75, 3.05) is 20.3 Å². The number of rotatable bonds is 6. The fourth-order valence-electron chi connectivity index (χ4n) is 2.02. The standard InChI is InChI=1S/C16H17NO4S/c1-4-9-21-14-11(7-6-8-12(14)20-3)10-13-15(18)17(5-2)16(19)22-13/h4,6-8,10H,1,5,9H2,2-3H3/b13-10-. The van der Waals surface area contributed by atoms with Gasteiger partial charge in [-0.2, -0.15) is 0 Å². The van der Waals surface area contributed by atoms with Gasteiger partial charge in [-0.1, -0.05) is 24.8 Å². The number of likely N-dealkylation sites (N-methyl/N-ethyl adjacent to an activating group) is 1. The monoisotopic (exact) mass is 319 g/mol. The van der Waals surface area contributed by atoms with Crippen molar-refractivity contribution in [3.05, 3.63) is 41.3 Å². The van der Waals surface area contributed by atoms with E-state index >= 15 is 0 Å². The summed E-state index contributed by atoms with van der Waals surface area (Å²) in [6.45, 7) is 6.06. The molecule has 5 nitrogen and oxygen atoms in total. The number of carbonyl (C=O) groups excluding carboxylic acids is 2. The van der Waals surface area contributed by atoms with Crippen LogP contribution in [0, 0.1) is 0 Å². The van der Waals surface area contributed by atoms with E-state index in [-0.39, 0.29) is 11.1 Å². The second kappa shape index (κ2) is 7.17. The summed E-state index contributed by atoms with van der Waals surface area (Å²) in [6.07, 6.45) is 3.28. The van der Waals surface area contributed by atoms with Crippen LogP contribution in [0.25, 0.3) is 6.08 Å². The molecule has 2 rings (SSSR count). The topological polar surface area (TPSA) is 55.8 Å². The lowest BCUT2D eigenvalue weighted by Crippen LogP contribution is -2.27. The summed E-state index contributed by atoms with van der Waals surface area (Å²) in [4.78, 5) is 25.5. The van der Waals surface area contributed by atoms with Crippen molar-refractivity contribution >= 4 is 29.0 Å². The summed E-state index contributed by atoms with van der Waals surface area (Å²) in [6, 6.07) is 5.38. The number of para-hydroxylation sites is 1. The van der Waals surface area contributed by atoms with E-state index < -0.39 is 0 Å². The molecule has 2 amide bonds. The van der Waals surface area contributed by atoms with Gasteiger partial charge in [0.25, 0.3) is 11.1 Å². The molecule has 1 aliphatic heterocycles. The highest BCUT2D eigenvalue weighted by Gasteiger charge is 2.33.